The molecule has 94 valence electrons. The molecule has 5 nitrogen and oxygen atoms in total. The first kappa shape index (κ1) is 12.5. The molecule has 19 heavy (non-hydrogen) atoms. The van der Waals surface area contributed by atoms with Crippen molar-refractivity contribution in [2.45, 2.75) is 0 Å². The van der Waals surface area contributed by atoms with Crippen LogP contribution in [0.15, 0.2) is 48.5 Å². The third-order valence-corrected chi connectivity index (χ3v) is 2.32. The lowest BCUT2D eigenvalue weighted by molar-refractivity contribution is 0.0735. The van der Waals surface area contributed by atoms with E-state index in [1.807, 2.05) is 0 Å². The predicted octanol–water partition coefficient (Wildman–Crippen LogP) is 2.35. The van der Waals surface area contributed by atoms with Gasteiger partial charge in [-0.3, -0.25) is 0 Å². The molecule has 0 saturated heterocycles. The SMILES string of the molecule is N#COc1ccc(C(=O)Oc2cccc(N)c2)cc1. The van der Waals surface area contributed by atoms with Crippen molar-refractivity contribution in [1.82, 2.24) is 0 Å². The van der Waals surface area contributed by atoms with Gasteiger partial charge < -0.3 is 15.2 Å². The van der Waals surface area contributed by atoms with Crippen molar-refractivity contribution >= 4 is 11.7 Å². The lowest BCUT2D eigenvalue weighted by atomic mass is 10.2. The number of hydrogen-bond acceptors (Lipinski definition) is 5. The van der Waals surface area contributed by atoms with Crippen LogP contribution >= 0.6 is 0 Å². The molecular formula is C14H10N2O3. The van der Waals surface area contributed by atoms with Crippen LogP contribution in [0.2, 0.25) is 0 Å². The van der Waals surface area contributed by atoms with Crippen molar-refractivity contribution in [2.24, 2.45) is 0 Å². The molecule has 0 aliphatic heterocycles. The van der Waals surface area contributed by atoms with Crippen molar-refractivity contribution in [3.8, 4) is 17.8 Å². The topological polar surface area (TPSA) is 85.3 Å². The van der Waals surface area contributed by atoms with Gasteiger partial charge in [0.1, 0.15) is 11.5 Å². The maximum atomic E-state index is 11.8. The zero-order valence-corrected chi connectivity index (χ0v) is 9.87. The van der Waals surface area contributed by atoms with E-state index in [4.69, 9.17) is 15.7 Å². The Morgan fingerprint density at radius 1 is 1.11 bits per heavy atom. The predicted molar refractivity (Wildman–Crippen MR) is 68.5 cm³/mol. The van der Waals surface area contributed by atoms with Crippen LogP contribution in [0.1, 0.15) is 10.4 Å². The molecule has 0 fully saturated rings. The van der Waals surface area contributed by atoms with Gasteiger partial charge in [-0.2, -0.15) is 0 Å². The molecule has 0 atom stereocenters. The van der Waals surface area contributed by atoms with Gasteiger partial charge >= 0.3 is 5.97 Å². The largest absolute Gasteiger partial charge is 0.423 e. The fraction of sp³-hybridized carbons (Fsp3) is 0. The van der Waals surface area contributed by atoms with Gasteiger partial charge in [0, 0.05) is 11.8 Å². The van der Waals surface area contributed by atoms with Gasteiger partial charge in [0.2, 0.25) is 0 Å². The summed E-state index contributed by atoms with van der Waals surface area (Å²) in [5, 5.41) is 8.34. The number of rotatable bonds is 3. The Hall–Kier alpha value is -3.00. The monoisotopic (exact) mass is 254 g/mol. The van der Waals surface area contributed by atoms with Crippen molar-refractivity contribution < 1.29 is 14.3 Å². The van der Waals surface area contributed by atoms with E-state index in [1.165, 1.54) is 24.3 Å². The van der Waals surface area contributed by atoms with Gasteiger partial charge in [0.25, 0.3) is 6.26 Å². The van der Waals surface area contributed by atoms with E-state index in [9.17, 15) is 4.79 Å². The molecule has 2 aromatic carbocycles. The first-order valence-corrected chi connectivity index (χ1v) is 5.43. The quantitative estimate of drug-likeness (QED) is 0.393. The normalized spacial score (nSPS) is 9.42. The molecule has 0 aromatic heterocycles. The summed E-state index contributed by atoms with van der Waals surface area (Å²) in [6.45, 7) is 0. The summed E-state index contributed by atoms with van der Waals surface area (Å²) >= 11 is 0. The summed E-state index contributed by atoms with van der Waals surface area (Å²) in [6, 6.07) is 12.7. The van der Waals surface area contributed by atoms with E-state index < -0.39 is 5.97 Å². The third-order valence-electron chi connectivity index (χ3n) is 2.32. The minimum Gasteiger partial charge on any atom is -0.423 e. The van der Waals surface area contributed by atoms with Crippen molar-refractivity contribution in [3.05, 3.63) is 54.1 Å². The maximum Gasteiger partial charge on any atom is 0.343 e. The zero-order valence-electron chi connectivity index (χ0n) is 9.87. The molecule has 0 unspecified atom stereocenters. The standard InChI is InChI=1S/C14H10N2O3/c15-9-18-12-6-4-10(5-7-12)14(17)19-13-3-1-2-11(16)8-13/h1-8H,16H2. The number of carbonyl (C=O) groups is 1. The first-order valence-electron chi connectivity index (χ1n) is 5.43. The second-order valence-corrected chi connectivity index (χ2v) is 3.68. The average molecular weight is 254 g/mol. The number of esters is 1. The molecule has 2 N–H and O–H groups in total. The van der Waals surface area contributed by atoms with Crippen LogP contribution in [0.4, 0.5) is 5.69 Å². The number of nitrogen functional groups attached to an aromatic ring is 1. The Morgan fingerprint density at radius 2 is 1.84 bits per heavy atom. The number of hydrogen-bond donors (Lipinski definition) is 1. The van der Waals surface area contributed by atoms with E-state index >= 15 is 0 Å². The summed E-state index contributed by atoms with van der Waals surface area (Å²) in [5.74, 6) is 0.236. The van der Waals surface area contributed by atoms with Crippen LogP contribution in [0, 0.1) is 11.5 Å². The molecule has 2 aromatic rings. The van der Waals surface area contributed by atoms with Gasteiger partial charge in [-0.25, -0.2) is 4.79 Å². The fourth-order valence-electron chi connectivity index (χ4n) is 1.46. The third kappa shape index (κ3) is 3.23. The minimum absolute atomic E-state index is 0.354. The molecule has 0 spiro atoms. The van der Waals surface area contributed by atoms with E-state index in [0.717, 1.165) is 0 Å². The van der Waals surface area contributed by atoms with Crippen LogP contribution in [0.5, 0.6) is 11.5 Å². The Morgan fingerprint density at radius 3 is 2.47 bits per heavy atom. The van der Waals surface area contributed by atoms with Crippen LogP contribution in [0.25, 0.3) is 0 Å². The lowest BCUT2D eigenvalue weighted by Crippen LogP contribution is -2.08. The Bertz CT molecular complexity index is 630. The number of carbonyl (C=O) groups excluding carboxylic acids is 1. The number of nitriles is 1. The van der Waals surface area contributed by atoms with Gasteiger partial charge in [-0.1, -0.05) is 6.07 Å². The molecule has 0 amide bonds. The highest BCUT2D eigenvalue weighted by Crippen LogP contribution is 2.17. The fourth-order valence-corrected chi connectivity index (χ4v) is 1.46. The Labute approximate surface area is 109 Å². The Kier molecular flexibility index (Phi) is 3.64. The average Bonchev–Trinajstić information content (AvgIpc) is 2.40. The van der Waals surface area contributed by atoms with E-state index in [2.05, 4.69) is 4.74 Å². The number of anilines is 1. The second kappa shape index (κ2) is 5.56. The van der Waals surface area contributed by atoms with Crippen LogP contribution in [0.3, 0.4) is 0 Å². The summed E-state index contributed by atoms with van der Waals surface area (Å²) in [4.78, 5) is 11.8. The van der Waals surface area contributed by atoms with Crippen LogP contribution < -0.4 is 15.2 Å². The lowest BCUT2D eigenvalue weighted by Gasteiger charge is -2.05. The number of benzene rings is 2. The van der Waals surface area contributed by atoms with Gasteiger partial charge in [0.15, 0.2) is 0 Å². The minimum atomic E-state index is -0.505. The molecule has 0 radical (unpaired) electrons. The highest BCUT2D eigenvalue weighted by atomic mass is 16.5. The van der Waals surface area contributed by atoms with Gasteiger partial charge in [-0.05, 0) is 36.4 Å². The summed E-state index contributed by atoms with van der Waals surface area (Å²) in [7, 11) is 0. The second-order valence-electron chi connectivity index (χ2n) is 3.68. The summed E-state index contributed by atoms with van der Waals surface area (Å²) in [6.07, 6.45) is 1.55. The number of nitrogens with two attached hydrogens (primary N) is 1. The van der Waals surface area contributed by atoms with Crippen molar-refractivity contribution in [1.29, 1.82) is 5.26 Å². The molecule has 0 bridgehead atoms. The van der Waals surface area contributed by atoms with Crippen molar-refractivity contribution in [3.63, 3.8) is 0 Å². The molecule has 0 aliphatic carbocycles. The van der Waals surface area contributed by atoms with Crippen LogP contribution in [-0.2, 0) is 0 Å². The highest BCUT2D eigenvalue weighted by Gasteiger charge is 2.08. The van der Waals surface area contributed by atoms with E-state index in [-0.39, 0.29) is 0 Å². The van der Waals surface area contributed by atoms with Gasteiger partial charge in [0.05, 0.1) is 5.56 Å². The smallest absolute Gasteiger partial charge is 0.343 e. The Balaban J connectivity index is 2.10. The van der Waals surface area contributed by atoms with E-state index in [0.29, 0.717) is 22.7 Å². The van der Waals surface area contributed by atoms with Crippen molar-refractivity contribution in [2.75, 3.05) is 5.73 Å². The summed E-state index contributed by atoms with van der Waals surface area (Å²) in [5.41, 5.74) is 6.46. The van der Waals surface area contributed by atoms with E-state index in [1.54, 1.807) is 30.5 Å². The molecule has 5 heteroatoms. The molecule has 0 saturated carbocycles. The first-order chi connectivity index (χ1) is 9.19. The molecule has 2 rings (SSSR count). The number of nitrogens with zero attached hydrogens (tertiary/aromatic N) is 1. The highest BCUT2D eigenvalue weighted by molar-refractivity contribution is 5.91. The van der Waals surface area contributed by atoms with Crippen LogP contribution in [-0.4, -0.2) is 5.97 Å². The molecule has 0 aliphatic rings. The van der Waals surface area contributed by atoms with Gasteiger partial charge in [-0.15, -0.1) is 5.26 Å². The number of ether oxygens (including phenoxy) is 2. The maximum absolute atomic E-state index is 11.8. The summed E-state index contributed by atoms with van der Waals surface area (Å²) < 4.78 is 9.77. The molecule has 0 heterocycles. The zero-order chi connectivity index (χ0) is 13.7. The molecular weight excluding hydrogens is 244 g/mol.